The molecule has 1 aromatic heterocycles. The van der Waals surface area contributed by atoms with Gasteiger partial charge in [0.05, 0.1) is 11.7 Å². The molecule has 0 N–H and O–H groups in total. The van der Waals surface area contributed by atoms with Crippen LogP contribution in [0.4, 0.5) is 5.95 Å². The third kappa shape index (κ3) is 3.72. The topological polar surface area (TPSA) is 49.3 Å². The van der Waals surface area contributed by atoms with Crippen LogP contribution in [0.25, 0.3) is 11.1 Å². The summed E-state index contributed by atoms with van der Waals surface area (Å²) in [6, 6.07) is 7.78. The van der Waals surface area contributed by atoms with Gasteiger partial charge in [-0.15, -0.1) is 0 Å². The summed E-state index contributed by atoms with van der Waals surface area (Å²) in [4.78, 5) is 26.6. The summed E-state index contributed by atoms with van der Waals surface area (Å²) in [5, 5.41) is 0.704. The molecule has 0 radical (unpaired) electrons. The maximum absolute atomic E-state index is 13.2. The molecular weight excluding hydrogens is 372 g/mol. The first-order chi connectivity index (χ1) is 13.5. The fourth-order valence-electron chi connectivity index (χ4n) is 4.43. The molecule has 0 bridgehead atoms. The minimum Gasteiger partial charge on any atom is -0.347 e. The molecule has 5 nitrogen and oxygen atoms in total. The van der Waals surface area contributed by atoms with Gasteiger partial charge in [0.15, 0.2) is 0 Å². The molecule has 1 amide bonds. The van der Waals surface area contributed by atoms with Crippen LogP contribution in [-0.2, 0) is 4.79 Å². The SMILES string of the molecule is CN(C)c1ncc(-c2ccc(Cl)cc2)c([C@H]2CCCN2C(=O)C2CCCC2)n1. The Hall–Kier alpha value is -2.14. The standard InChI is InChI=1S/C22H27ClN4O/c1-26(2)22-24-14-18(15-9-11-17(23)12-10-15)20(25-22)19-8-5-13-27(19)21(28)16-6-3-4-7-16/h9-12,14,16,19H,3-8,13H2,1-2H3/t19-/m1/s1. The maximum atomic E-state index is 13.2. The molecule has 2 fully saturated rings. The smallest absolute Gasteiger partial charge is 0.226 e. The van der Waals surface area contributed by atoms with Crippen molar-refractivity contribution in [1.29, 1.82) is 0 Å². The van der Waals surface area contributed by atoms with Crippen LogP contribution >= 0.6 is 11.6 Å². The van der Waals surface area contributed by atoms with Crippen LogP contribution in [-0.4, -0.2) is 41.4 Å². The maximum Gasteiger partial charge on any atom is 0.226 e. The van der Waals surface area contributed by atoms with Crippen LogP contribution in [0.5, 0.6) is 0 Å². The zero-order chi connectivity index (χ0) is 19.7. The Morgan fingerprint density at radius 3 is 2.50 bits per heavy atom. The molecule has 0 spiro atoms. The number of benzene rings is 1. The Balaban J connectivity index is 1.74. The van der Waals surface area contributed by atoms with E-state index in [1.165, 1.54) is 12.8 Å². The summed E-state index contributed by atoms with van der Waals surface area (Å²) in [5.74, 6) is 1.18. The van der Waals surface area contributed by atoms with Crippen LogP contribution in [0.15, 0.2) is 30.5 Å². The molecule has 2 heterocycles. The van der Waals surface area contributed by atoms with E-state index in [0.717, 1.165) is 49.0 Å². The third-order valence-electron chi connectivity index (χ3n) is 5.92. The van der Waals surface area contributed by atoms with Crippen molar-refractivity contribution in [3.8, 4) is 11.1 Å². The molecule has 1 atom stereocenters. The van der Waals surface area contributed by atoms with Crippen LogP contribution in [0.2, 0.25) is 5.02 Å². The lowest BCUT2D eigenvalue weighted by atomic mass is 9.98. The lowest BCUT2D eigenvalue weighted by molar-refractivity contribution is -0.136. The summed E-state index contributed by atoms with van der Waals surface area (Å²) >= 11 is 6.08. The number of amides is 1. The van der Waals surface area contributed by atoms with E-state index in [4.69, 9.17) is 16.6 Å². The summed E-state index contributed by atoms with van der Waals surface area (Å²) in [5.41, 5.74) is 2.97. The van der Waals surface area contributed by atoms with Crippen molar-refractivity contribution in [2.75, 3.05) is 25.5 Å². The first-order valence-corrected chi connectivity index (χ1v) is 10.5. The van der Waals surface area contributed by atoms with Gasteiger partial charge in [-0.2, -0.15) is 0 Å². The second kappa shape index (κ2) is 8.08. The highest BCUT2D eigenvalue weighted by molar-refractivity contribution is 6.30. The molecule has 1 aromatic carbocycles. The fraction of sp³-hybridized carbons (Fsp3) is 0.500. The van der Waals surface area contributed by atoms with Gasteiger partial charge in [-0.25, -0.2) is 9.97 Å². The van der Waals surface area contributed by atoms with Gasteiger partial charge in [-0.1, -0.05) is 36.6 Å². The van der Waals surface area contributed by atoms with Gasteiger partial charge in [0.25, 0.3) is 0 Å². The highest BCUT2D eigenvalue weighted by Gasteiger charge is 2.37. The number of hydrogen-bond acceptors (Lipinski definition) is 4. The van der Waals surface area contributed by atoms with Gasteiger partial charge in [0.1, 0.15) is 0 Å². The molecule has 28 heavy (non-hydrogen) atoms. The van der Waals surface area contributed by atoms with Gasteiger partial charge in [0, 0.05) is 43.3 Å². The Morgan fingerprint density at radius 2 is 1.82 bits per heavy atom. The van der Waals surface area contributed by atoms with Crippen molar-refractivity contribution in [2.24, 2.45) is 5.92 Å². The van der Waals surface area contributed by atoms with E-state index < -0.39 is 0 Å². The lowest BCUT2D eigenvalue weighted by Crippen LogP contribution is -2.35. The van der Waals surface area contributed by atoms with E-state index >= 15 is 0 Å². The van der Waals surface area contributed by atoms with E-state index in [2.05, 4.69) is 9.88 Å². The molecule has 6 heteroatoms. The van der Waals surface area contributed by atoms with E-state index in [-0.39, 0.29) is 12.0 Å². The quantitative estimate of drug-likeness (QED) is 0.747. The summed E-state index contributed by atoms with van der Waals surface area (Å²) in [6.45, 7) is 0.821. The normalized spacial score (nSPS) is 20.0. The number of halogens is 1. The summed E-state index contributed by atoms with van der Waals surface area (Å²) < 4.78 is 0. The number of anilines is 1. The van der Waals surface area contributed by atoms with Crippen LogP contribution in [0.3, 0.4) is 0 Å². The average Bonchev–Trinajstić information content (AvgIpc) is 3.40. The highest BCUT2D eigenvalue weighted by Crippen LogP contribution is 2.39. The van der Waals surface area contributed by atoms with Crippen molar-refractivity contribution in [1.82, 2.24) is 14.9 Å². The number of rotatable bonds is 4. The third-order valence-corrected chi connectivity index (χ3v) is 6.17. The fourth-order valence-corrected chi connectivity index (χ4v) is 4.55. The van der Waals surface area contributed by atoms with E-state index in [1.54, 1.807) is 0 Å². The Labute approximate surface area is 171 Å². The van der Waals surface area contributed by atoms with Gasteiger partial charge in [-0.3, -0.25) is 4.79 Å². The van der Waals surface area contributed by atoms with Crippen LogP contribution in [0.1, 0.15) is 50.3 Å². The highest BCUT2D eigenvalue weighted by atomic mass is 35.5. The minimum atomic E-state index is 0.0143. The lowest BCUT2D eigenvalue weighted by Gasteiger charge is -2.29. The van der Waals surface area contributed by atoms with Crippen LogP contribution < -0.4 is 4.90 Å². The Bertz CT molecular complexity index is 846. The van der Waals surface area contributed by atoms with Crippen LogP contribution in [0, 0.1) is 5.92 Å². The number of likely N-dealkylation sites (tertiary alicyclic amines) is 1. The molecule has 1 aliphatic heterocycles. The van der Waals surface area contributed by atoms with Gasteiger partial charge >= 0.3 is 0 Å². The number of nitrogens with zero attached hydrogens (tertiary/aromatic N) is 4. The molecule has 2 aromatic rings. The zero-order valence-corrected chi connectivity index (χ0v) is 17.3. The largest absolute Gasteiger partial charge is 0.347 e. The Morgan fingerprint density at radius 1 is 1.11 bits per heavy atom. The molecule has 2 aliphatic rings. The van der Waals surface area contributed by atoms with Crippen molar-refractivity contribution in [2.45, 2.75) is 44.6 Å². The van der Waals surface area contributed by atoms with Gasteiger partial charge < -0.3 is 9.80 Å². The molecule has 0 unspecified atom stereocenters. The molecule has 1 aliphatic carbocycles. The first kappa shape index (κ1) is 19.2. The van der Waals surface area contributed by atoms with E-state index in [0.29, 0.717) is 16.9 Å². The molecular formula is C22H27ClN4O. The first-order valence-electron chi connectivity index (χ1n) is 10.2. The average molecular weight is 399 g/mol. The second-order valence-corrected chi connectivity index (χ2v) is 8.48. The van der Waals surface area contributed by atoms with Gasteiger partial charge in [-0.05, 0) is 43.4 Å². The predicted octanol–water partition coefficient (Wildman–Crippen LogP) is 4.72. The monoisotopic (exact) mass is 398 g/mol. The van der Waals surface area contributed by atoms with Crippen molar-refractivity contribution >= 4 is 23.5 Å². The van der Waals surface area contributed by atoms with Gasteiger partial charge in [0.2, 0.25) is 11.9 Å². The molecule has 4 rings (SSSR count). The van der Waals surface area contributed by atoms with Crippen molar-refractivity contribution in [3.05, 3.63) is 41.2 Å². The molecule has 148 valence electrons. The van der Waals surface area contributed by atoms with Crippen molar-refractivity contribution < 1.29 is 4.79 Å². The zero-order valence-electron chi connectivity index (χ0n) is 16.6. The molecule has 1 saturated carbocycles. The van der Waals surface area contributed by atoms with Crippen molar-refractivity contribution in [3.63, 3.8) is 0 Å². The summed E-state index contributed by atoms with van der Waals surface area (Å²) in [6.07, 6.45) is 8.24. The summed E-state index contributed by atoms with van der Waals surface area (Å²) in [7, 11) is 3.88. The van der Waals surface area contributed by atoms with E-state index in [9.17, 15) is 4.79 Å². The Kier molecular flexibility index (Phi) is 5.54. The number of aromatic nitrogens is 2. The second-order valence-electron chi connectivity index (χ2n) is 8.04. The predicted molar refractivity (Wildman–Crippen MR) is 112 cm³/mol. The van der Waals surface area contributed by atoms with E-state index in [1.807, 2.05) is 49.5 Å². The minimum absolute atomic E-state index is 0.0143. The number of carbonyl (C=O) groups is 1. The number of carbonyl (C=O) groups excluding carboxylic acids is 1. The molecule has 1 saturated heterocycles. The number of hydrogen-bond donors (Lipinski definition) is 0.